The van der Waals surface area contributed by atoms with Crippen LogP contribution in [0.5, 0.6) is 0 Å². The van der Waals surface area contributed by atoms with Gasteiger partial charge in [0, 0.05) is 63.7 Å². The average molecular weight is 386 g/mol. The molecule has 1 aromatic carbocycles. The number of piperazine rings is 1. The molecule has 1 aliphatic carbocycles. The standard InChI is InChI=1S/C21H24F2N4O/c22-17-11-18(26-19(23)12-17)5-6-25-20(28)21(27-9-7-24-8-10-27)13-15-3-1-2-4-16(15)14-21/h1-4,11-12,24H,5-10,13-14H2,(H,25,28). The van der Waals surface area contributed by atoms with E-state index in [-0.39, 0.29) is 12.3 Å². The number of hydrogen-bond donors (Lipinski definition) is 2. The van der Waals surface area contributed by atoms with Crippen LogP contribution in [0.2, 0.25) is 0 Å². The third kappa shape index (κ3) is 3.77. The van der Waals surface area contributed by atoms with Crippen LogP contribution in [0.1, 0.15) is 16.8 Å². The van der Waals surface area contributed by atoms with Crippen LogP contribution in [-0.2, 0) is 24.1 Å². The molecule has 0 bridgehead atoms. The second-order valence-corrected chi connectivity index (χ2v) is 7.50. The second kappa shape index (κ2) is 7.93. The van der Waals surface area contributed by atoms with Gasteiger partial charge in [0.25, 0.3) is 0 Å². The molecule has 0 spiro atoms. The van der Waals surface area contributed by atoms with Crippen molar-refractivity contribution in [2.45, 2.75) is 24.8 Å². The molecule has 7 heteroatoms. The smallest absolute Gasteiger partial charge is 0.241 e. The molecule has 0 atom stereocenters. The molecule has 1 fully saturated rings. The molecule has 28 heavy (non-hydrogen) atoms. The van der Waals surface area contributed by atoms with E-state index in [1.165, 1.54) is 17.2 Å². The quantitative estimate of drug-likeness (QED) is 0.764. The molecule has 2 aliphatic rings. The molecule has 5 nitrogen and oxygen atoms in total. The molecule has 0 unspecified atom stereocenters. The number of halogens is 2. The van der Waals surface area contributed by atoms with Crippen molar-refractivity contribution in [3.05, 3.63) is 65.0 Å². The van der Waals surface area contributed by atoms with Gasteiger partial charge in [0.05, 0.1) is 0 Å². The van der Waals surface area contributed by atoms with Gasteiger partial charge >= 0.3 is 0 Å². The zero-order chi connectivity index (χ0) is 19.6. The van der Waals surface area contributed by atoms with Gasteiger partial charge in [0.2, 0.25) is 11.9 Å². The summed E-state index contributed by atoms with van der Waals surface area (Å²) in [6.45, 7) is 3.64. The number of hydrogen-bond acceptors (Lipinski definition) is 4. The van der Waals surface area contributed by atoms with Crippen LogP contribution in [0.3, 0.4) is 0 Å². The number of aromatic nitrogens is 1. The molecule has 1 amide bonds. The van der Waals surface area contributed by atoms with Crippen molar-refractivity contribution in [3.8, 4) is 0 Å². The van der Waals surface area contributed by atoms with E-state index in [1.807, 2.05) is 12.1 Å². The highest BCUT2D eigenvalue weighted by Gasteiger charge is 2.48. The Morgan fingerprint density at radius 1 is 1.14 bits per heavy atom. The second-order valence-electron chi connectivity index (χ2n) is 7.50. The molecule has 0 saturated carbocycles. The first-order valence-electron chi connectivity index (χ1n) is 9.70. The first-order valence-corrected chi connectivity index (χ1v) is 9.70. The number of fused-ring (bicyclic) bond motifs is 1. The average Bonchev–Trinajstić information content (AvgIpc) is 3.09. The lowest BCUT2D eigenvalue weighted by atomic mass is 9.91. The van der Waals surface area contributed by atoms with Gasteiger partial charge in [-0.2, -0.15) is 4.39 Å². The maximum absolute atomic E-state index is 13.3. The third-order valence-corrected chi connectivity index (χ3v) is 5.71. The van der Waals surface area contributed by atoms with E-state index < -0.39 is 17.3 Å². The topological polar surface area (TPSA) is 57.3 Å². The number of carbonyl (C=O) groups excluding carboxylic acids is 1. The normalized spacial score (nSPS) is 18.6. The predicted molar refractivity (Wildman–Crippen MR) is 102 cm³/mol. The Balaban J connectivity index is 1.48. The van der Waals surface area contributed by atoms with Crippen LogP contribution in [0.25, 0.3) is 0 Å². The summed E-state index contributed by atoms with van der Waals surface area (Å²) in [5.41, 5.74) is 2.12. The molecular formula is C21H24F2N4O. The van der Waals surface area contributed by atoms with E-state index >= 15 is 0 Å². The summed E-state index contributed by atoms with van der Waals surface area (Å²) in [7, 11) is 0. The van der Waals surface area contributed by atoms with Crippen molar-refractivity contribution in [2.24, 2.45) is 0 Å². The predicted octanol–water partition coefficient (Wildman–Crippen LogP) is 1.46. The van der Waals surface area contributed by atoms with Crippen LogP contribution in [-0.4, -0.2) is 54.1 Å². The van der Waals surface area contributed by atoms with E-state index in [2.05, 4.69) is 32.7 Å². The Labute approximate surface area is 163 Å². The van der Waals surface area contributed by atoms with Gasteiger partial charge in [-0.15, -0.1) is 0 Å². The minimum absolute atomic E-state index is 0.0255. The van der Waals surface area contributed by atoms with Crippen LogP contribution in [0.4, 0.5) is 8.78 Å². The van der Waals surface area contributed by atoms with Crippen molar-refractivity contribution in [3.63, 3.8) is 0 Å². The minimum atomic E-state index is -0.843. The van der Waals surface area contributed by atoms with Gasteiger partial charge in [-0.1, -0.05) is 24.3 Å². The van der Waals surface area contributed by atoms with Crippen LogP contribution >= 0.6 is 0 Å². The van der Waals surface area contributed by atoms with Gasteiger partial charge < -0.3 is 10.6 Å². The summed E-state index contributed by atoms with van der Waals surface area (Å²) in [4.78, 5) is 19.3. The molecular weight excluding hydrogens is 362 g/mol. The van der Waals surface area contributed by atoms with E-state index in [0.29, 0.717) is 25.1 Å². The molecule has 0 radical (unpaired) electrons. The summed E-state index contributed by atoms with van der Waals surface area (Å²) in [5.74, 6) is -1.52. The Morgan fingerprint density at radius 2 is 1.82 bits per heavy atom. The molecule has 2 heterocycles. The van der Waals surface area contributed by atoms with Crippen molar-refractivity contribution < 1.29 is 13.6 Å². The van der Waals surface area contributed by atoms with E-state index in [1.54, 1.807) is 0 Å². The first kappa shape index (κ1) is 19.0. The van der Waals surface area contributed by atoms with E-state index in [0.717, 1.165) is 32.2 Å². The van der Waals surface area contributed by atoms with Gasteiger partial charge in [-0.3, -0.25) is 9.69 Å². The molecule has 4 rings (SSSR count). The Kier molecular flexibility index (Phi) is 5.37. The first-order chi connectivity index (χ1) is 13.6. The largest absolute Gasteiger partial charge is 0.354 e. The fourth-order valence-corrected chi connectivity index (χ4v) is 4.33. The maximum Gasteiger partial charge on any atom is 0.241 e. The summed E-state index contributed by atoms with van der Waals surface area (Å²) < 4.78 is 26.6. The molecule has 148 valence electrons. The summed E-state index contributed by atoms with van der Waals surface area (Å²) >= 11 is 0. The molecule has 1 saturated heterocycles. The highest BCUT2D eigenvalue weighted by Crippen LogP contribution is 2.35. The number of nitrogens with zero attached hydrogens (tertiary/aromatic N) is 2. The number of rotatable bonds is 5. The zero-order valence-electron chi connectivity index (χ0n) is 15.7. The van der Waals surface area contributed by atoms with Crippen LogP contribution in [0, 0.1) is 11.8 Å². The molecule has 2 N–H and O–H groups in total. The van der Waals surface area contributed by atoms with Gasteiger partial charge in [-0.25, -0.2) is 9.37 Å². The van der Waals surface area contributed by atoms with Gasteiger partial charge in [0.15, 0.2) is 0 Å². The lowest BCUT2D eigenvalue weighted by Crippen LogP contribution is -2.64. The summed E-state index contributed by atoms with van der Waals surface area (Å²) in [6, 6.07) is 10.1. The monoisotopic (exact) mass is 386 g/mol. The fraction of sp³-hybridized carbons (Fsp3) is 0.429. The van der Waals surface area contributed by atoms with Crippen LogP contribution < -0.4 is 10.6 Å². The molecule has 2 aromatic rings. The van der Waals surface area contributed by atoms with Crippen molar-refractivity contribution in [2.75, 3.05) is 32.7 Å². The van der Waals surface area contributed by atoms with Gasteiger partial charge in [0.1, 0.15) is 11.4 Å². The highest BCUT2D eigenvalue weighted by molar-refractivity contribution is 5.88. The summed E-state index contributed by atoms with van der Waals surface area (Å²) in [6.07, 6.45) is 1.65. The lowest BCUT2D eigenvalue weighted by Gasteiger charge is -2.42. The minimum Gasteiger partial charge on any atom is -0.354 e. The van der Waals surface area contributed by atoms with E-state index in [4.69, 9.17) is 0 Å². The lowest BCUT2D eigenvalue weighted by molar-refractivity contribution is -0.133. The van der Waals surface area contributed by atoms with Crippen LogP contribution in [0.15, 0.2) is 36.4 Å². The van der Waals surface area contributed by atoms with Gasteiger partial charge in [-0.05, 0) is 17.2 Å². The molecule has 1 aromatic heterocycles. The Morgan fingerprint density at radius 3 is 2.46 bits per heavy atom. The van der Waals surface area contributed by atoms with Crippen molar-refractivity contribution >= 4 is 5.91 Å². The number of amides is 1. The van der Waals surface area contributed by atoms with Crippen molar-refractivity contribution in [1.29, 1.82) is 0 Å². The number of carbonyl (C=O) groups is 1. The number of benzene rings is 1. The Hall–Kier alpha value is -2.38. The van der Waals surface area contributed by atoms with E-state index in [9.17, 15) is 13.6 Å². The Bertz CT molecular complexity index is 822. The highest BCUT2D eigenvalue weighted by atomic mass is 19.1. The maximum atomic E-state index is 13.3. The zero-order valence-corrected chi connectivity index (χ0v) is 15.7. The fourth-order valence-electron chi connectivity index (χ4n) is 4.33. The third-order valence-electron chi connectivity index (χ3n) is 5.71. The SMILES string of the molecule is O=C(NCCc1cc(F)cc(F)n1)C1(N2CCNCC2)Cc2ccccc2C1. The molecule has 1 aliphatic heterocycles. The summed E-state index contributed by atoms with van der Waals surface area (Å²) in [5, 5.41) is 6.34. The number of nitrogens with one attached hydrogen (secondary N) is 2. The number of pyridine rings is 1. The van der Waals surface area contributed by atoms with Crippen molar-refractivity contribution in [1.82, 2.24) is 20.5 Å².